The summed E-state index contributed by atoms with van der Waals surface area (Å²) in [6.07, 6.45) is 2.00. The highest BCUT2D eigenvalue weighted by atomic mass is 16.2. The molecule has 1 aromatic rings. The van der Waals surface area contributed by atoms with Gasteiger partial charge in [0.05, 0.1) is 0 Å². The van der Waals surface area contributed by atoms with Gasteiger partial charge in [0, 0.05) is 24.3 Å². The van der Waals surface area contributed by atoms with Crippen LogP contribution in [0.5, 0.6) is 0 Å². The molecule has 0 unspecified atom stereocenters. The van der Waals surface area contributed by atoms with E-state index in [2.05, 4.69) is 12.2 Å². The van der Waals surface area contributed by atoms with Gasteiger partial charge in [0.25, 0.3) is 5.91 Å². The van der Waals surface area contributed by atoms with Crippen LogP contribution < -0.4 is 5.32 Å². The van der Waals surface area contributed by atoms with Gasteiger partial charge in [0.2, 0.25) is 0 Å². The molecule has 1 fully saturated rings. The highest BCUT2D eigenvalue weighted by Crippen LogP contribution is 2.20. The van der Waals surface area contributed by atoms with Crippen LogP contribution in [0.2, 0.25) is 0 Å². The number of hydrogen-bond donors (Lipinski definition) is 1. The topological polar surface area (TPSA) is 104 Å². The van der Waals surface area contributed by atoms with Crippen LogP contribution in [0.3, 0.4) is 0 Å². The molecule has 1 aromatic carbocycles. The van der Waals surface area contributed by atoms with Gasteiger partial charge in [-0.05, 0) is 37.0 Å². The number of likely N-dealkylation sites (tertiary alicyclic amines) is 1. The molecular formula is C18H17N5O. The molecule has 1 saturated heterocycles. The number of allylic oxidation sites excluding steroid dienone is 2. The van der Waals surface area contributed by atoms with Gasteiger partial charge in [-0.25, -0.2) is 0 Å². The molecule has 0 aliphatic carbocycles. The van der Waals surface area contributed by atoms with Crippen molar-refractivity contribution in [2.24, 2.45) is 5.92 Å². The van der Waals surface area contributed by atoms with Crippen LogP contribution in [-0.2, 0) is 0 Å². The second-order valence-electron chi connectivity index (χ2n) is 5.77. The number of piperidine rings is 1. The lowest BCUT2D eigenvalue weighted by atomic mass is 9.98. The predicted molar refractivity (Wildman–Crippen MR) is 88.2 cm³/mol. The van der Waals surface area contributed by atoms with Crippen molar-refractivity contribution in [3.63, 3.8) is 0 Å². The van der Waals surface area contributed by atoms with E-state index in [1.807, 2.05) is 4.90 Å². The molecule has 120 valence electrons. The summed E-state index contributed by atoms with van der Waals surface area (Å²) in [5, 5.41) is 29.5. The first-order chi connectivity index (χ1) is 11.6. The molecule has 0 radical (unpaired) electrons. The zero-order valence-corrected chi connectivity index (χ0v) is 13.4. The number of nitrogens with zero attached hydrogens (tertiary/aromatic N) is 4. The van der Waals surface area contributed by atoms with E-state index in [1.54, 1.807) is 42.5 Å². The van der Waals surface area contributed by atoms with Gasteiger partial charge in [0.15, 0.2) is 5.57 Å². The number of benzene rings is 1. The van der Waals surface area contributed by atoms with E-state index in [0.29, 0.717) is 17.2 Å². The van der Waals surface area contributed by atoms with E-state index in [9.17, 15) is 4.79 Å². The number of nitrogens with one attached hydrogen (secondary N) is 1. The van der Waals surface area contributed by atoms with E-state index in [0.717, 1.165) is 25.9 Å². The quantitative estimate of drug-likeness (QED) is 0.863. The van der Waals surface area contributed by atoms with Crippen LogP contribution >= 0.6 is 0 Å². The molecule has 6 nitrogen and oxygen atoms in total. The van der Waals surface area contributed by atoms with Gasteiger partial charge in [-0.1, -0.05) is 13.0 Å². The SMILES string of the molecule is CC1CCN(C(=O)c2cccc(NC(C#N)=C(C#N)C#N)c2)CC1. The summed E-state index contributed by atoms with van der Waals surface area (Å²) in [6, 6.07) is 11.9. The summed E-state index contributed by atoms with van der Waals surface area (Å²) in [5.41, 5.74) is 0.587. The normalized spacial score (nSPS) is 14.0. The summed E-state index contributed by atoms with van der Waals surface area (Å²) in [4.78, 5) is 14.4. The Morgan fingerprint density at radius 3 is 2.42 bits per heavy atom. The summed E-state index contributed by atoms with van der Waals surface area (Å²) < 4.78 is 0. The maximum atomic E-state index is 12.6. The molecule has 2 rings (SSSR count). The van der Waals surface area contributed by atoms with Crippen molar-refractivity contribution in [2.75, 3.05) is 18.4 Å². The van der Waals surface area contributed by atoms with Crippen molar-refractivity contribution in [3.05, 3.63) is 41.1 Å². The monoisotopic (exact) mass is 319 g/mol. The minimum Gasteiger partial charge on any atom is -0.345 e. The van der Waals surface area contributed by atoms with E-state index in [1.165, 1.54) is 0 Å². The Kier molecular flexibility index (Phi) is 5.55. The molecule has 0 atom stereocenters. The Bertz CT molecular complexity index is 767. The number of rotatable bonds is 3. The highest BCUT2D eigenvalue weighted by molar-refractivity contribution is 5.95. The Balaban J connectivity index is 2.19. The smallest absolute Gasteiger partial charge is 0.253 e. The summed E-state index contributed by atoms with van der Waals surface area (Å²) in [5.74, 6) is 0.592. The first-order valence-electron chi connectivity index (χ1n) is 7.70. The van der Waals surface area contributed by atoms with E-state index in [4.69, 9.17) is 15.8 Å². The van der Waals surface area contributed by atoms with Crippen LogP contribution in [0, 0.1) is 39.9 Å². The largest absolute Gasteiger partial charge is 0.345 e. The van der Waals surface area contributed by atoms with Gasteiger partial charge < -0.3 is 10.2 Å². The van der Waals surface area contributed by atoms with Crippen molar-refractivity contribution in [1.82, 2.24) is 4.90 Å². The average molecular weight is 319 g/mol. The number of nitriles is 3. The fraction of sp³-hybridized carbons (Fsp3) is 0.333. The zero-order chi connectivity index (χ0) is 17.5. The summed E-state index contributed by atoms with van der Waals surface area (Å²) >= 11 is 0. The molecule has 1 heterocycles. The molecule has 0 spiro atoms. The van der Waals surface area contributed by atoms with Crippen molar-refractivity contribution < 1.29 is 4.79 Å². The molecule has 1 aliphatic rings. The minimum absolute atomic E-state index is 0.0474. The van der Waals surface area contributed by atoms with Crippen LogP contribution in [0.1, 0.15) is 30.1 Å². The Hall–Kier alpha value is -3.30. The maximum absolute atomic E-state index is 12.6. The lowest BCUT2D eigenvalue weighted by Gasteiger charge is -2.30. The molecule has 0 bridgehead atoms. The van der Waals surface area contributed by atoms with E-state index in [-0.39, 0.29) is 17.2 Å². The number of hydrogen-bond acceptors (Lipinski definition) is 5. The number of amides is 1. The third kappa shape index (κ3) is 3.91. The fourth-order valence-corrected chi connectivity index (χ4v) is 2.55. The first kappa shape index (κ1) is 17.1. The van der Waals surface area contributed by atoms with Gasteiger partial charge in [0.1, 0.15) is 23.9 Å². The van der Waals surface area contributed by atoms with Crippen LogP contribution in [0.15, 0.2) is 35.5 Å². The summed E-state index contributed by atoms with van der Waals surface area (Å²) in [7, 11) is 0. The Morgan fingerprint density at radius 2 is 1.83 bits per heavy atom. The molecule has 1 N–H and O–H groups in total. The molecule has 1 amide bonds. The van der Waals surface area contributed by atoms with Gasteiger partial charge >= 0.3 is 0 Å². The number of carbonyl (C=O) groups is 1. The number of anilines is 1. The summed E-state index contributed by atoms with van der Waals surface area (Å²) in [6.45, 7) is 3.67. The second-order valence-corrected chi connectivity index (χ2v) is 5.77. The molecule has 6 heteroatoms. The molecule has 0 aromatic heterocycles. The highest BCUT2D eigenvalue weighted by Gasteiger charge is 2.21. The van der Waals surface area contributed by atoms with Gasteiger partial charge in [-0.3, -0.25) is 4.79 Å². The van der Waals surface area contributed by atoms with Crippen molar-refractivity contribution in [1.29, 1.82) is 15.8 Å². The Labute approximate surface area is 141 Å². The maximum Gasteiger partial charge on any atom is 0.253 e. The van der Waals surface area contributed by atoms with Gasteiger partial charge in [-0.15, -0.1) is 0 Å². The minimum atomic E-state index is -0.292. The van der Waals surface area contributed by atoms with E-state index >= 15 is 0 Å². The van der Waals surface area contributed by atoms with Crippen LogP contribution in [0.4, 0.5) is 5.69 Å². The average Bonchev–Trinajstić information content (AvgIpc) is 2.62. The first-order valence-corrected chi connectivity index (χ1v) is 7.70. The number of carbonyl (C=O) groups excluding carboxylic acids is 1. The van der Waals surface area contributed by atoms with Crippen molar-refractivity contribution in [3.8, 4) is 18.2 Å². The van der Waals surface area contributed by atoms with Crippen LogP contribution in [0.25, 0.3) is 0 Å². The predicted octanol–water partition coefficient (Wildman–Crippen LogP) is 2.80. The Morgan fingerprint density at radius 1 is 1.17 bits per heavy atom. The van der Waals surface area contributed by atoms with Crippen molar-refractivity contribution in [2.45, 2.75) is 19.8 Å². The second kappa shape index (κ2) is 7.81. The van der Waals surface area contributed by atoms with Crippen molar-refractivity contribution >= 4 is 11.6 Å². The fourth-order valence-electron chi connectivity index (χ4n) is 2.55. The molecule has 1 aliphatic heterocycles. The third-order valence-electron chi connectivity index (χ3n) is 4.04. The van der Waals surface area contributed by atoms with Gasteiger partial charge in [-0.2, -0.15) is 15.8 Å². The zero-order valence-electron chi connectivity index (χ0n) is 13.4. The third-order valence-corrected chi connectivity index (χ3v) is 4.04. The molecule has 0 saturated carbocycles. The lowest BCUT2D eigenvalue weighted by Crippen LogP contribution is -2.37. The lowest BCUT2D eigenvalue weighted by molar-refractivity contribution is 0.0697. The molecular weight excluding hydrogens is 302 g/mol. The standard InChI is InChI=1S/C18H17N5O/c1-13-5-7-23(8-6-13)18(24)14-3-2-4-16(9-14)22-17(12-21)15(10-19)11-20/h2-4,9,13,22H,5-8H2,1H3. The van der Waals surface area contributed by atoms with Crippen LogP contribution in [-0.4, -0.2) is 23.9 Å². The van der Waals surface area contributed by atoms with E-state index < -0.39 is 0 Å². The molecule has 24 heavy (non-hydrogen) atoms.